The number of nitriles is 1. The lowest BCUT2D eigenvalue weighted by molar-refractivity contribution is -0.137. The van der Waals surface area contributed by atoms with E-state index in [0.717, 1.165) is 18.1 Å². The van der Waals surface area contributed by atoms with Crippen molar-refractivity contribution in [3.05, 3.63) is 64.2 Å². The van der Waals surface area contributed by atoms with Crippen molar-refractivity contribution in [3.63, 3.8) is 0 Å². The first-order valence-electron chi connectivity index (χ1n) is 8.12. The molecule has 26 heavy (non-hydrogen) atoms. The van der Waals surface area contributed by atoms with E-state index >= 15 is 0 Å². The number of alkyl halides is 3. The highest BCUT2D eigenvalue weighted by Crippen LogP contribution is 2.41. The Labute approximate surface area is 154 Å². The van der Waals surface area contributed by atoms with Crippen molar-refractivity contribution < 1.29 is 17.9 Å². The maximum absolute atomic E-state index is 13.2. The van der Waals surface area contributed by atoms with Crippen LogP contribution >= 0.6 is 11.6 Å². The van der Waals surface area contributed by atoms with E-state index in [4.69, 9.17) is 21.6 Å². The molecule has 2 unspecified atom stereocenters. The smallest absolute Gasteiger partial charge is 0.349 e. The third kappa shape index (κ3) is 3.64. The number of nitrogens with zero attached hydrogens (tertiary/aromatic N) is 2. The highest BCUT2D eigenvalue weighted by Gasteiger charge is 2.37. The molecular weight excluding hydrogens is 365 g/mol. The van der Waals surface area contributed by atoms with Gasteiger partial charge in [0.15, 0.2) is 6.23 Å². The number of halogens is 4. The van der Waals surface area contributed by atoms with Gasteiger partial charge in [-0.1, -0.05) is 30.7 Å². The zero-order chi connectivity index (χ0) is 18.9. The van der Waals surface area contributed by atoms with E-state index in [-0.39, 0.29) is 11.1 Å². The summed E-state index contributed by atoms with van der Waals surface area (Å²) in [5.74, 6) is 0. The third-order valence-corrected chi connectivity index (χ3v) is 4.68. The average molecular weight is 381 g/mol. The van der Waals surface area contributed by atoms with Crippen LogP contribution < -0.4 is 4.90 Å². The van der Waals surface area contributed by atoms with Gasteiger partial charge in [0.05, 0.1) is 28.3 Å². The Balaban J connectivity index is 2.02. The van der Waals surface area contributed by atoms with Crippen LogP contribution in [0.4, 0.5) is 18.9 Å². The fourth-order valence-corrected chi connectivity index (χ4v) is 3.23. The highest BCUT2D eigenvalue weighted by molar-refractivity contribution is 6.31. The molecule has 1 heterocycles. The van der Waals surface area contributed by atoms with Crippen LogP contribution in [0, 0.1) is 11.3 Å². The molecular formula is C19H16ClF3N2O. The first-order chi connectivity index (χ1) is 12.3. The molecule has 2 atom stereocenters. The Morgan fingerprint density at radius 1 is 1.27 bits per heavy atom. The van der Waals surface area contributed by atoms with Crippen molar-refractivity contribution in [3.8, 4) is 6.07 Å². The second-order valence-corrected chi connectivity index (χ2v) is 6.48. The number of hydrogen-bond donors (Lipinski definition) is 0. The first-order valence-corrected chi connectivity index (χ1v) is 8.50. The second kappa shape index (κ2) is 7.18. The minimum absolute atomic E-state index is 0.115. The lowest BCUT2D eigenvalue weighted by Crippen LogP contribution is -2.25. The molecule has 3 rings (SSSR count). The van der Waals surface area contributed by atoms with Gasteiger partial charge in [0.1, 0.15) is 0 Å². The molecule has 2 aromatic carbocycles. The number of hydrogen-bond acceptors (Lipinski definition) is 3. The van der Waals surface area contributed by atoms with E-state index in [0.29, 0.717) is 17.8 Å². The van der Waals surface area contributed by atoms with Crippen LogP contribution in [0.5, 0.6) is 0 Å². The summed E-state index contributed by atoms with van der Waals surface area (Å²) in [5.41, 5.74) is 0.702. The topological polar surface area (TPSA) is 36.3 Å². The fourth-order valence-electron chi connectivity index (χ4n) is 3.01. The van der Waals surface area contributed by atoms with Crippen molar-refractivity contribution in [2.75, 3.05) is 11.4 Å². The normalized spacial score (nSPS) is 20.2. The van der Waals surface area contributed by atoms with Crippen LogP contribution in [0.25, 0.3) is 0 Å². The minimum atomic E-state index is -4.53. The molecule has 0 N–H and O–H groups in total. The number of benzene rings is 2. The van der Waals surface area contributed by atoms with Crippen LogP contribution in [0.2, 0.25) is 5.02 Å². The summed E-state index contributed by atoms with van der Waals surface area (Å²) in [6.45, 7) is 2.41. The molecule has 2 aromatic rings. The van der Waals surface area contributed by atoms with Gasteiger partial charge >= 0.3 is 6.18 Å². The molecule has 0 aliphatic carbocycles. The highest BCUT2D eigenvalue weighted by atomic mass is 35.5. The SMILES string of the molecule is CCC1CN(c2ccc(Cl)c(C(F)(F)F)c2)C(c2cccc(C#N)c2)O1. The van der Waals surface area contributed by atoms with Gasteiger partial charge in [-0.2, -0.15) is 18.4 Å². The maximum atomic E-state index is 13.2. The Morgan fingerprint density at radius 2 is 2.04 bits per heavy atom. The summed E-state index contributed by atoms with van der Waals surface area (Å²) in [6, 6.07) is 12.8. The standard InChI is InChI=1S/C19H16ClF3N2O/c1-2-15-11-25(14-6-7-17(20)16(9-14)19(21,22)23)18(26-15)13-5-3-4-12(8-13)10-24/h3-9,15,18H,2,11H2,1H3. The lowest BCUT2D eigenvalue weighted by atomic mass is 10.1. The summed E-state index contributed by atoms with van der Waals surface area (Å²) in [5, 5.41) is 8.76. The van der Waals surface area contributed by atoms with Gasteiger partial charge in [-0.25, -0.2) is 0 Å². The van der Waals surface area contributed by atoms with Gasteiger partial charge in [0.25, 0.3) is 0 Å². The minimum Gasteiger partial charge on any atom is -0.349 e. The first kappa shape index (κ1) is 18.6. The Hall–Kier alpha value is -2.23. The van der Waals surface area contributed by atoms with E-state index in [9.17, 15) is 13.2 Å². The lowest BCUT2D eigenvalue weighted by Gasteiger charge is -2.26. The molecule has 7 heteroatoms. The molecule has 136 valence electrons. The summed E-state index contributed by atoms with van der Waals surface area (Å²) in [6.07, 6.45) is -4.48. The molecule has 0 saturated carbocycles. The molecule has 1 saturated heterocycles. The summed E-state index contributed by atoms with van der Waals surface area (Å²) < 4.78 is 45.6. The maximum Gasteiger partial charge on any atom is 0.417 e. The van der Waals surface area contributed by atoms with Crippen molar-refractivity contribution >= 4 is 17.3 Å². The van der Waals surface area contributed by atoms with Gasteiger partial charge < -0.3 is 9.64 Å². The van der Waals surface area contributed by atoms with Crippen LogP contribution in [-0.4, -0.2) is 12.6 Å². The molecule has 0 amide bonds. The van der Waals surface area contributed by atoms with Crippen LogP contribution in [-0.2, 0) is 10.9 Å². The zero-order valence-corrected chi connectivity index (χ0v) is 14.7. The van der Waals surface area contributed by atoms with Gasteiger partial charge in [0.2, 0.25) is 0 Å². The van der Waals surface area contributed by atoms with Crippen molar-refractivity contribution in [1.29, 1.82) is 5.26 Å². The quantitative estimate of drug-likeness (QED) is 0.701. The molecule has 0 radical (unpaired) electrons. The number of rotatable bonds is 3. The molecule has 1 aliphatic heterocycles. The summed E-state index contributed by atoms with van der Waals surface area (Å²) in [7, 11) is 0. The molecule has 3 nitrogen and oxygen atoms in total. The van der Waals surface area contributed by atoms with Gasteiger partial charge in [0, 0.05) is 17.8 Å². The van der Waals surface area contributed by atoms with E-state index in [2.05, 4.69) is 6.07 Å². The van der Waals surface area contributed by atoms with E-state index in [1.165, 1.54) is 6.07 Å². The molecule has 0 aromatic heterocycles. The van der Waals surface area contributed by atoms with Crippen molar-refractivity contribution in [2.24, 2.45) is 0 Å². The van der Waals surface area contributed by atoms with Crippen LogP contribution in [0.3, 0.4) is 0 Å². The van der Waals surface area contributed by atoms with Crippen LogP contribution in [0.15, 0.2) is 42.5 Å². The fraction of sp³-hybridized carbons (Fsp3) is 0.316. The Kier molecular flexibility index (Phi) is 5.12. The molecule has 1 fully saturated rings. The van der Waals surface area contributed by atoms with Gasteiger partial charge in [-0.15, -0.1) is 0 Å². The molecule has 0 spiro atoms. The molecule has 0 bridgehead atoms. The monoisotopic (exact) mass is 380 g/mol. The Bertz CT molecular complexity index is 847. The van der Waals surface area contributed by atoms with Gasteiger partial charge in [-0.3, -0.25) is 0 Å². The predicted octanol–water partition coefficient (Wildman–Crippen LogP) is 5.54. The zero-order valence-electron chi connectivity index (χ0n) is 13.9. The number of anilines is 1. The second-order valence-electron chi connectivity index (χ2n) is 6.07. The van der Waals surface area contributed by atoms with Crippen molar-refractivity contribution in [2.45, 2.75) is 31.9 Å². The summed E-state index contributed by atoms with van der Waals surface area (Å²) in [4.78, 5) is 1.77. The Morgan fingerprint density at radius 3 is 2.69 bits per heavy atom. The summed E-state index contributed by atoms with van der Waals surface area (Å²) >= 11 is 5.73. The van der Waals surface area contributed by atoms with E-state index < -0.39 is 18.0 Å². The van der Waals surface area contributed by atoms with Crippen LogP contribution in [0.1, 0.15) is 36.3 Å². The van der Waals surface area contributed by atoms with Gasteiger partial charge in [-0.05, 0) is 36.8 Å². The molecule has 1 aliphatic rings. The third-order valence-electron chi connectivity index (χ3n) is 4.35. The average Bonchev–Trinajstić information content (AvgIpc) is 3.05. The number of ether oxygens (including phenoxy) is 1. The van der Waals surface area contributed by atoms with E-state index in [1.807, 2.05) is 6.92 Å². The van der Waals surface area contributed by atoms with E-state index in [1.54, 1.807) is 35.2 Å². The van der Waals surface area contributed by atoms with Crippen molar-refractivity contribution in [1.82, 2.24) is 0 Å². The largest absolute Gasteiger partial charge is 0.417 e. The predicted molar refractivity (Wildman–Crippen MR) is 92.9 cm³/mol.